The van der Waals surface area contributed by atoms with Crippen LogP contribution in [0.2, 0.25) is 0 Å². The highest BCUT2D eigenvalue weighted by Gasteiger charge is 2.09. The van der Waals surface area contributed by atoms with Gasteiger partial charge in [0.2, 0.25) is 5.91 Å². The average molecular weight is 346 g/mol. The van der Waals surface area contributed by atoms with Crippen molar-refractivity contribution in [3.8, 4) is 11.1 Å². The number of benzene rings is 2. The van der Waals surface area contributed by atoms with Gasteiger partial charge in [0, 0.05) is 24.0 Å². The maximum absolute atomic E-state index is 13.6. The molecule has 1 amide bonds. The first-order valence-corrected chi connectivity index (χ1v) is 8.37. The fourth-order valence-corrected chi connectivity index (χ4v) is 2.65. The van der Waals surface area contributed by atoms with Crippen molar-refractivity contribution in [2.45, 2.75) is 13.0 Å². The van der Waals surface area contributed by atoms with Crippen molar-refractivity contribution in [1.29, 1.82) is 0 Å². The summed E-state index contributed by atoms with van der Waals surface area (Å²) in [5.41, 5.74) is 3.51. The van der Waals surface area contributed by atoms with Gasteiger partial charge in [0.25, 0.3) is 0 Å². The average Bonchev–Trinajstić information content (AvgIpc) is 2.68. The Morgan fingerprint density at radius 2 is 1.81 bits per heavy atom. The number of carbonyl (C=O) groups is 1. The minimum Gasteiger partial charge on any atom is -0.346 e. The monoisotopic (exact) mass is 346 g/mol. The highest BCUT2D eigenvalue weighted by Crippen LogP contribution is 2.22. The molecule has 0 aliphatic rings. The van der Waals surface area contributed by atoms with E-state index in [9.17, 15) is 9.18 Å². The van der Waals surface area contributed by atoms with Crippen LogP contribution in [0.3, 0.4) is 0 Å². The molecule has 1 heterocycles. The van der Waals surface area contributed by atoms with Gasteiger partial charge in [-0.3, -0.25) is 9.78 Å². The number of hydrogen-bond donors (Lipinski definition) is 1. The van der Waals surface area contributed by atoms with Crippen molar-refractivity contribution in [3.05, 3.63) is 96.1 Å². The zero-order valence-electron chi connectivity index (χ0n) is 14.4. The van der Waals surface area contributed by atoms with Crippen LogP contribution < -0.4 is 5.32 Å². The number of pyridine rings is 1. The summed E-state index contributed by atoms with van der Waals surface area (Å²) in [6, 6.07) is 18.0. The molecule has 2 aromatic carbocycles. The van der Waals surface area contributed by atoms with Gasteiger partial charge < -0.3 is 5.32 Å². The lowest BCUT2D eigenvalue weighted by Crippen LogP contribution is -2.24. The Morgan fingerprint density at radius 1 is 1.04 bits per heavy atom. The number of carbonyl (C=O) groups excluding carboxylic acids is 1. The van der Waals surface area contributed by atoms with Gasteiger partial charge in [0.15, 0.2) is 0 Å². The maximum Gasteiger partial charge on any atom is 0.244 e. The molecule has 1 atom stereocenters. The van der Waals surface area contributed by atoms with Gasteiger partial charge in [0.05, 0.1) is 6.04 Å². The first kappa shape index (κ1) is 17.5. The van der Waals surface area contributed by atoms with Gasteiger partial charge in [-0.2, -0.15) is 0 Å². The van der Waals surface area contributed by atoms with Crippen LogP contribution in [0.15, 0.2) is 79.1 Å². The number of amides is 1. The van der Waals surface area contributed by atoms with Crippen molar-refractivity contribution < 1.29 is 9.18 Å². The van der Waals surface area contributed by atoms with Gasteiger partial charge in [-0.1, -0.05) is 36.4 Å². The van der Waals surface area contributed by atoms with Crippen LogP contribution in [0.4, 0.5) is 4.39 Å². The Labute approximate surface area is 152 Å². The van der Waals surface area contributed by atoms with Crippen molar-refractivity contribution in [3.63, 3.8) is 0 Å². The van der Waals surface area contributed by atoms with Gasteiger partial charge in [-0.15, -0.1) is 0 Å². The summed E-state index contributed by atoms with van der Waals surface area (Å²) >= 11 is 0. The van der Waals surface area contributed by atoms with Crippen LogP contribution >= 0.6 is 0 Å². The van der Waals surface area contributed by atoms with Gasteiger partial charge in [-0.25, -0.2) is 4.39 Å². The van der Waals surface area contributed by atoms with E-state index >= 15 is 0 Å². The molecule has 1 aromatic heterocycles. The molecule has 0 radical (unpaired) electrons. The third-order valence-electron chi connectivity index (χ3n) is 4.08. The number of aromatic nitrogens is 1. The molecule has 26 heavy (non-hydrogen) atoms. The summed E-state index contributed by atoms with van der Waals surface area (Å²) in [6.45, 7) is 1.92. The lowest BCUT2D eigenvalue weighted by Gasteiger charge is -2.14. The highest BCUT2D eigenvalue weighted by atomic mass is 19.1. The lowest BCUT2D eigenvalue weighted by atomic mass is 10.0. The molecule has 4 heteroatoms. The molecule has 3 rings (SSSR count). The Morgan fingerprint density at radius 3 is 2.58 bits per heavy atom. The van der Waals surface area contributed by atoms with Gasteiger partial charge in [-0.05, 0) is 54.0 Å². The van der Waals surface area contributed by atoms with E-state index in [2.05, 4.69) is 10.3 Å². The van der Waals surface area contributed by atoms with Gasteiger partial charge >= 0.3 is 0 Å². The summed E-state index contributed by atoms with van der Waals surface area (Å²) in [7, 11) is 0. The van der Waals surface area contributed by atoms with Crippen molar-refractivity contribution in [1.82, 2.24) is 10.3 Å². The molecule has 3 nitrogen and oxygen atoms in total. The van der Waals surface area contributed by atoms with E-state index in [1.807, 2.05) is 43.3 Å². The van der Waals surface area contributed by atoms with E-state index in [4.69, 9.17) is 0 Å². The molecular formula is C22H19FN2O. The second-order valence-corrected chi connectivity index (χ2v) is 5.95. The predicted molar refractivity (Wildman–Crippen MR) is 102 cm³/mol. The molecule has 3 aromatic rings. The summed E-state index contributed by atoms with van der Waals surface area (Å²) in [4.78, 5) is 16.2. The fourth-order valence-electron chi connectivity index (χ4n) is 2.65. The molecule has 1 N–H and O–H groups in total. The maximum atomic E-state index is 13.6. The zero-order chi connectivity index (χ0) is 18.4. The fraction of sp³-hybridized carbons (Fsp3) is 0.0909. The number of nitrogens with zero attached hydrogens (tertiary/aromatic N) is 1. The standard InChI is InChI=1S/C22H19FN2O/c1-16(25-22(26)10-9-18-5-2-3-8-21(18)23)19-6-4-7-20(15-19)17-11-13-24-14-12-17/h2-16H,1H3,(H,25,26). The van der Waals surface area contributed by atoms with Crippen molar-refractivity contribution in [2.24, 2.45) is 0 Å². The SMILES string of the molecule is CC(NC(=O)C=Cc1ccccc1F)c1cccc(-c2ccncc2)c1. The topological polar surface area (TPSA) is 42.0 Å². The first-order valence-electron chi connectivity index (χ1n) is 8.37. The Bertz CT molecular complexity index is 922. The van der Waals surface area contributed by atoms with Crippen molar-refractivity contribution >= 4 is 12.0 Å². The van der Waals surface area contributed by atoms with E-state index in [0.717, 1.165) is 16.7 Å². The summed E-state index contributed by atoms with van der Waals surface area (Å²) in [6.07, 6.45) is 6.33. The van der Waals surface area contributed by atoms with Crippen LogP contribution in [0, 0.1) is 5.82 Å². The summed E-state index contributed by atoms with van der Waals surface area (Å²) in [5, 5.41) is 2.90. The summed E-state index contributed by atoms with van der Waals surface area (Å²) in [5.74, 6) is -0.621. The van der Waals surface area contributed by atoms with Crippen LogP contribution in [0.5, 0.6) is 0 Å². The van der Waals surface area contributed by atoms with Gasteiger partial charge in [0.1, 0.15) is 5.82 Å². The zero-order valence-corrected chi connectivity index (χ0v) is 14.4. The van der Waals surface area contributed by atoms with E-state index in [0.29, 0.717) is 5.56 Å². The van der Waals surface area contributed by atoms with Crippen LogP contribution in [0.1, 0.15) is 24.1 Å². The molecule has 0 aliphatic carbocycles. The predicted octanol–water partition coefficient (Wildman–Crippen LogP) is 4.78. The highest BCUT2D eigenvalue weighted by molar-refractivity contribution is 5.92. The third kappa shape index (κ3) is 4.42. The largest absolute Gasteiger partial charge is 0.346 e. The van der Waals surface area contributed by atoms with Crippen LogP contribution in [-0.2, 0) is 4.79 Å². The first-order chi connectivity index (χ1) is 12.6. The molecule has 130 valence electrons. The molecule has 0 saturated heterocycles. The number of rotatable bonds is 5. The van der Waals surface area contributed by atoms with E-state index in [1.54, 1.807) is 30.6 Å². The van der Waals surface area contributed by atoms with E-state index < -0.39 is 0 Å². The number of hydrogen-bond acceptors (Lipinski definition) is 2. The molecule has 0 aliphatic heterocycles. The molecular weight excluding hydrogens is 327 g/mol. The Balaban J connectivity index is 1.69. The molecule has 1 unspecified atom stereocenters. The second-order valence-electron chi connectivity index (χ2n) is 5.95. The van der Waals surface area contributed by atoms with Crippen molar-refractivity contribution in [2.75, 3.05) is 0 Å². The molecule has 0 fully saturated rings. The van der Waals surface area contributed by atoms with E-state index in [1.165, 1.54) is 18.2 Å². The lowest BCUT2D eigenvalue weighted by molar-refractivity contribution is -0.117. The van der Waals surface area contributed by atoms with E-state index in [-0.39, 0.29) is 17.8 Å². The second kappa shape index (κ2) is 8.21. The minimum absolute atomic E-state index is 0.172. The number of halogens is 1. The van der Waals surface area contributed by atoms with Crippen LogP contribution in [0.25, 0.3) is 17.2 Å². The molecule has 0 spiro atoms. The van der Waals surface area contributed by atoms with Crippen LogP contribution in [-0.4, -0.2) is 10.9 Å². The normalized spacial score (nSPS) is 12.1. The Kier molecular flexibility index (Phi) is 5.54. The minimum atomic E-state index is -0.352. The smallest absolute Gasteiger partial charge is 0.244 e. The molecule has 0 bridgehead atoms. The molecule has 0 saturated carbocycles. The summed E-state index contributed by atoms with van der Waals surface area (Å²) < 4.78 is 13.6. The third-order valence-corrected chi connectivity index (χ3v) is 4.08. The quantitative estimate of drug-likeness (QED) is 0.676. The number of nitrogens with one attached hydrogen (secondary N) is 1. The Hall–Kier alpha value is -3.27.